The summed E-state index contributed by atoms with van der Waals surface area (Å²) >= 11 is 6.84. The first kappa shape index (κ1) is 30.7. The fourth-order valence-corrected chi connectivity index (χ4v) is 6.07. The summed E-state index contributed by atoms with van der Waals surface area (Å²) in [6.07, 6.45) is 2.81. The molecule has 0 aromatic heterocycles. The van der Waals surface area contributed by atoms with E-state index >= 15 is 0 Å². The number of hydrogen-bond acceptors (Lipinski definition) is 8. The molecule has 0 saturated carbocycles. The van der Waals surface area contributed by atoms with E-state index < -0.39 is 0 Å². The summed E-state index contributed by atoms with van der Waals surface area (Å²) in [5.41, 5.74) is 2.18. The minimum atomic E-state index is -0.150. The van der Waals surface area contributed by atoms with Gasteiger partial charge in [-0.3, -0.25) is 14.5 Å². The highest BCUT2D eigenvalue weighted by Gasteiger charge is 2.33. The summed E-state index contributed by atoms with van der Waals surface area (Å²) < 4.78 is 12.4. The van der Waals surface area contributed by atoms with Gasteiger partial charge >= 0.3 is 0 Å². The zero-order valence-electron chi connectivity index (χ0n) is 24.7. The molecule has 0 aliphatic carbocycles. The third-order valence-corrected chi connectivity index (χ3v) is 8.60. The predicted molar refractivity (Wildman–Crippen MR) is 177 cm³/mol. The summed E-state index contributed by atoms with van der Waals surface area (Å²) in [6, 6.07) is 22.0. The van der Waals surface area contributed by atoms with Crippen LogP contribution >= 0.6 is 24.0 Å². The number of amides is 2. The van der Waals surface area contributed by atoms with Crippen molar-refractivity contribution in [3.8, 4) is 17.2 Å². The van der Waals surface area contributed by atoms with Crippen molar-refractivity contribution in [1.29, 1.82) is 0 Å². The van der Waals surface area contributed by atoms with Gasteiger partial charge in [-0.1, -0.05) is 36.1 Å². The molecule has 0 bridgehead atoms. The molecule has 0 unspecified atom stereocenters. The van der Waals surface area contributed by atoms with Gasteiger partial charge in [0.1, 0.15) is 17.2 Å². The van der Waals surface area contributed by atoms with Gasteiger partial charge in [0.15, 0.2) is 4.32 Å². The number of thioether (sulfide) groups is 1. The van der Waals surface area contributed by atoms with E-state index in [-0.39, 0.29) is 11.8 Å². The molecule has 2 saturated heterocycles. The fraction of sp³-hybridized carbons (Fsp3) is 0.303. The number of nitrogens with zero attached hydrogens (tertiary/aromatic N) is 4. The molecular formula is C33H36N4O4S2. The normalized spacial score (nSPS) is 17.0. The summed E-state index contributed by atoms with van der Waals surface area (Å²) in [5, 5.41) is 0. The number of thiocarbonyl (C=S) groups is 1. The molecule has 0 atom stereocenters. The van der Waals surface area contributed by atoms with Crippen LogP contribution < -0.4 is 14.4 Å². The van der Waals surface area contributed by atoms with E-state index in [0.29, 0.717) is 32.9 Å². The van der Waals surface area contributed by atoms with Crippen molar-refractivity contribution < 1.29 is 19.1 Å². The average Bonchev–Trinajstić information content (AvgIpc) is 3.29. The smallest absolute Gasteiger partial charge is 0.270 e. The van der Waals surface area contributed by atoms with Crippen LogP contribution in [0.25, 0.3) is 6.08 Å². The topological polar surface area (TPSA) is 65.6 Å². The molecule has 2 fully saturated rings. The van der Waals surface area contributed by atoms with E-state index in [1.54, 1.807) is 43.3 Å². The molecule has 43 heavy (non-hydrogen) atoms. The maximum Gasteiger partial charge on any atom is 0.270 e. The summed E-state index contributed by atoms with van der Waals surface area (Å²) in [4.78, 5) is 33.8. The Labute approximate surface area is 262 Å². The molecule has 2 amide bonds. The lowest BCUT2D eigenvalue weighted by atomic mass is 10.2. The van der Waals surface area contributed by atoms with E-state index in [4.69, 9.17) is 21.7 Å². The highest BCUT2D eigenvalue weighted by molar-refractivity contribution is 8.27. The second-order valence-corrected chi connectivity index (χ2v) is 12.4. The number of likely N-dealkylation sites (N-methyl/N-ethyl adjacent to an activating group) is 1. The molecule has 2 heterocycles. The van der Waals surface area contributed by atoms with E-state index in [0.717, 1.165) is 56.1 Å². The Hall–Kier alpha value is -3.70. The van der Waals surface area contributed by atoms with Crippen molar-refractivity contribution in [3.63, 3.8) is 0 Å². The van der Waals surface area contributed by atoms with Crippen LogP contribution in [0.15, 0.2) is 77.7 Å². The Kier molecular flexibility index (Phi) is 10.1. The lowest BCUT2D eigenvalue weighted by Crippen LogP contribution is -2.44. The van der Waals surface area contributed by atoms with E-state index in [2.05, 4.69) is 16.8 Å². The van der Waals surface area contributed by atoms with E-state index in [9.17, 15) is 9.59 Å². The first-order valence-electron chi connectivity index (χ1n) is 14.3. The van der Waals surface area contributed by atoms with Crippen LogP contribution in [-0.2, 0) is 4.79 Å². The Morgan fingerprint density at radius 3 is 2.14 bits per heavy atom. The zero-order chi connectivity index (χ0) is 30.3. The van der Waals surface area contributed by atoms with Crippen molar-refractivity contribution in [2.75, 3.05) is 65.4 Å². The Bertz CT molecular complexity index is 1470. The largest absolute Gasteiger partial charge is 0.494 e. The number of anilines is 1. The summed E-state index contributed by atoms with van der Waals surface area (Å²) in [7, 11) is 5.60. The summed E-state index contributed by atoms with van der Waals surface area (Å²) in [5.74, 6) is 1.85. The SMILES string of the molecule is CN1CCN(CCCOc2ccc(N3C(=O)C(=Cc4ccc(Oc5ccc(C(=O)N(C)C)cc5)cc4)SC3=S)cc2)CC1. The third kappa shape index (κ3) is 8.03. The molecule has 5 rings (SSSR count). The number of ether oxygens (including phenoxy) is 2. The van der Waals surface area contributed by atoms with Crippen LogP contribution in [0.4, 0.5) is 5.69 Å². The molecule has 0 N–H and O–H groups in total. The van der Waals surface area contributed by atoms with Gasteiger partial charge < -0.3 is 24.2 Å². The Morgan fingerprint density at radius 1 is 0.907 bits per heavy atom. The van der Waals surface area contributed by atoms with Gasteiger partial charge in [0, 0.05) is 52.4 Å². The number of hydrogen-bond donors (Lipinski definition) is 0. The second kappa shape index (κ2) is 14.2. The zero-order valence-corrected chi connectivity index (χ0v) is 26.3. The fourth-order valence-electron chi connectivity index (χ4n) is 4.77. The monoisotopic (exact) mass is 616 g/mol. The van der Waals surface area contributed by atoms with E-state index in [1.165, 1.54) is 16.7 Å². The van der Waals surface area contributed by atoms with Crippen LogP contribution in [-0.4, -0.2) is 91.3 Å². The number of carbonyl (C=O) groups is 2. The first-order chi connectivity index (χ1) is 20.8. The van der Waals surface area contributed by atoms with Gasteiger partial charge in [0.05, 0.1) is 17.2 Å². The Morgan fingerprint density at radius 2 is 1.51 bits per heavy atom. The first-order valence-corrected chi connectivity index (χ1v) is 15.5. The molecule has 0 spiro atoms. The quantitative estimate of drug-likeness (QED) is 0.166. The van der Waals surface area contributed by atoms with Crippen LogP contribution in [0.1, 0.15) is 22.3 Å². The Balaban J connectivity index is 1.13. The van der Waals surface area contributed by atoms with Gasteiger partial charge in [-0.05, 0) is 85.8 Å². The standard InChI is InChI=1S/C33H36N4O4S2/c1-34(2)31(38)25-7-13-29(14-8-25)41-28-11-5-24(6-12-28)23-30-32(39)37(33(42)43-30)26-9-15-27(16-10-26)40-22-4-17-36-20-18-35(3)19-21-36/h5-16,23H,4,17-22H2,1-3H3. The van der Waals surface area contributed by atoms with Crippen LogP contribution in [0.3, 0.4) is 0 Å². The molecule has 3 aromatic carbocycles. The molecule has 3 aromatic rings. The van der Waals surface area contributed by atoms with Crippen molar-refractivity contribution in [1.82, 2.24) is 14.7 Å². The predicted octanol–water partition coefficient (Wildman–Crippen LogP) is 5.60. The maximum atomic E-state index is 13.3. The highest BCUT2D eigenvalue weighted by Crippen LogP contribution is 2.37. The molecule has 2 aliphatic rings. The second-order valence-electron chi connectivity index (χ2n) is 10.8. The molecule has 224 valence electrons. The highest BCUT2D eigenvalue weighted by atomic mass is 32.2. The lowest BCUT2D eigenvalue weighted by molar-refractivity contribution is -0.113. The number of piperazine rings is 1. The maximum absolute atomic E-state index is 13.3. The van der Waals surface area contributed by atoms with E-state index in [1.807, 2.05) is 54.6 Å². The van der Waals surface area contributed by atoms with Crippen molar-refractivity contribution in [3.05, 3.63) is 88.8 Å². The number of carbonyl (C=O) groups excluding carboxylic acids is 2. The lowest BCUT2D eigenvalue weighted by Gasteiger charge is -2.32. The average molecular weight is 617 g/mol. The van der Waals surface area contributed by atoms with Gasteiger partial charge in [0.2, 0.25) is 0 Å². The van der Waals surface area contributed by atoms with Gasteiger partial charge in [-0.2, -0.15) is 0 Å². The molecular weight excluding hydrogens is 581 g/mol. The molecule has 2 aliphatic heterocycles. The van der Waals surface area contributed by atoms with Gasteiger partial charge in [0.25, 0.3) is 11.8 Å². The number of benzene rings is 3. The minimum Gasteiger partial charge on any atom is -0.494 e. The number of rotatable bonds is 10. The van der Waals surface area contributed by atoms with Crippen LogP contribution in [0.5, 0.6) is 17.2 Å². The van der Waals surface area contributed by atoms with Crippen molar-refractivity contribution in [2.45, 2.75) is 6.42 Å². The summed E-state index contributed by atoms with van der Waals surface area (Å²) in [6.45, 7) is 6.16. The molecule has 10 heteroatoms. The van der Waals surface area contributed by atoms with Gasteiger partial charge in [-0.15, -0.1) is 0 Å². The van der Waals surface area contributed by atoms with Gasteiger partial charge in [-0.25, -0.2) is 0 Å². The van der Waals surface area contributed by atoms with Crippen molar-refractivity contribution in [2.24, 2.45) is 0 Å². The third-order valence-electron chi connectivity index (χ3n) is 7.29. The minimum absolute atomic E-state index is 0.0602. The van der Waals surface area contributed by atoms with Crippen LogP contribution in [0, 0.1) is 0 Å². The molecule has 8 nitrogen and oxygen atoms in total. The van der Waals surface area contributed by atoms with Crippen LogP contribution in [0.2, 0.25) is 0 Å². The molecule has 0 radical (unpaired) electrons. The van der Waals surface area contributed by atoms with Crippen molar-refractivity contribution >= 4 is 51.9 Å².